The first-order chi connectivity index (χ1) is 9.18. The number of likely N-dealkylation sites (N-methyl/N-ethyl adjacent to an activating group) is 1. The van der Waals surface area contributed by atoms with Crippen LogP contribution in [0.1, 0.15) is 19.4 Å². The summed E-state index contributed by atoms with van der Waals surface area (Å²) in [4.78, 5) is 10.4. The van der Waals surface area contributed by atoms with Crippen molar-refractivity contribution in [1.82, 2.24) is 5.32 Å². The summed E-state index contributed by atoms with van der Waals surface area (Å²) < 4.78 is 23.4. The third-order valence-electron chi connectivity index (χ3n) is 3.28. The lowest BCUT2D eigenvalue weighted by Crippen LogP contribution is -2.33. The fraction of sp³-hybridized carbons (Fsp3) is 0.538. The second-order valence-corrected chi connectivity index (χ2v) is 7.12. The first kappa shape index (κ1) is 16.6. The zero-order chi connectivity index (χ0) is 15.5. The van der Waals surface area contributed by atoms with Crippen LogP contribution in [0.25, 0.3) is 0 Å². The maximum Gasteiger partial charge on any atom is 0.291 e. The van der Waals surface area contributed by atoms with Crippen molar-refractivity contribution in [2.75, 3.05) is 13.3 Å². The van der Waals surface area contributed by atoms with E-state index in [2.05, 4.69) is 5.32 Å². The molecule has 0 saturated carbocycles. The van der Waals surface area contributed by atoms with Crippen LogP contribution in [0.15, 0.2) is 23.1 Å². The van der Waals surface area contributed by atoms with E-state index in [9.17, 15) is 18.5 Å². The molecule has 20 heavy (non-hydrogen) atoms. The highest BCUT2D eigenvalue weighted by molar-refractivity contribution is 7.90. The number of nitrogens with one attached hydrogen (secondary N) is 1. The molecule has 0 amide bonds. The molecule has 0 aromatic heterocycles. The van der Waals surface area contributed by atoms with Crippen LogP contribution >= 0.6 is 0 Å². The molecular formula is C13H20N2O4S. The van der Waals surface area contributed by atoms with Gasteiger partial charge in [-0.25, -0.2) is 8.42 Å². The van der Waals surface area contributed by atoms with Gasteiger partial charge >= 0.3 is 0 Å². The number of rotatable bonds is 6. The molecular weight excluding hydrogens is 280 g/mol. The Hall–Kier alpha value is -1.47. The highest BCUT2D eigenvalue weighted by Gasteiger charge is 2.27. The van der Waals surface area contributed by atoms with Crippen molar-refractivity contribution in [3.05, 3.63) is 33.9 Å². The summed E-state index contributed by atoms with van der Waals surface area (Å²) in [7, 11) is -1.84. The first-order valence-corrected chi connectivity index (χ1v) is 8.21. The van der Waals surface area contributed by atoms with Crippen molar-refractivity contribution in [3.8, 4) is 0 Å². The van der Waals surface area contributed by atoms with E-state index in [1.165, 1.54) is 6.07 Å². The van der Waals surface area contributed by atoms with Gasteiger partial charge in [-0.05, 0) is 25.5 Å². The topological polar surface area (TPSA) is 89.3 Å². The Labute approximate surface area is 119 Å². The molecule has 1 atom stereocenters. The van der Waals surface area contributed by atoms with Crippen LogP contribution in [0.3, 0.4) is 0 Å². The zero-order valence-electron chi connectivity index (χ0n) is 12.1. The van der Waals surface area contributed by atoms with E-state index in [4.69, 9.17) is 0 Å². The largest absolute Gasteiger partial charge is 0.316 e. The van der Waals surface area contributed by atoms with E-state index in [-0.39, 0.29) is 22.5 Å². The van der Waals surface area contributed by atoms with Gasteiger partial charge in [0.15, 0.2) is 9.84 Å². The Kier molecular flexibility index (Phi) is 5.24. The molecule has 0 bridgehead atoms. The zero-order valence-corrected chi connectivity index (χ0v) is 12.9. The van der Waals surface area contributed by atoms with Gasteiger partial charge < -0.3 is 5.32 Å². The summed E-state index contributed by atoms with van der Waals surface area (Å²) in [6.45, 7) is 4.01. The van der Waals surface area contributed by atoms with Crippen LogP contribution in [0.4, 0.5) is 5.69 Å². The second kappa shape index (κ2) is 6.32. The molecule has 0 fully saturated rings. The van der Waals surface area contributed by atoms with Crippen LogP contribution in [-0.2, 0) is 16.3 Å². The molecule has 0 radical (unpaired) electrons. The third-order valence-corrected chi connectivity index (χ3v) is 4.41. The lowest BCUT2D eigenvalue weighted by atomic mass is 9.96. The maximum absolute atomic E-state index is 11.7. The van der Waals surface area contributed by atoms with E-state index in [0.29, 0.717) is 12.0 Å². The van der Waals surface area contributed by atoms with Gasteiger partial charge in [0.05, 0.1) is 4.92 Å². The summed E-state index contributed by atoms with van der Waals surface area (Å²) in [6.07, 6.45) is 1.39. The minimum atomic E-state index is -3.63. The lowest BCUT2D eigenvalue weighted by Gasteiger charge is -2.20. The number of nitrogens with zero attached hydrogens (tertiary/aromatic N) is 1. The second-order valence-electron chi connectivity index (χ2n) is 5.14. The van der Waals surface area contributed by atoms with Crippen molar-refractivity contribution in [1.29, 1.82) is 0 Å². The summed E-state index contributed by atoms with van der Waals surface area (Å²) in [5.41, 5.74) is 0.127. The first-order valence-electron chi connectivity index (χ1n) is 6.32. The van der Waals surface area contributed by atoms with Gasteiger partial charge in [-0.1, -0.05) is 26.0 Å². The van der Waals surface area contributed by atoms with Gasteiger partial charge in [0, 0.05) is 17.9 Å². The molecule has 0 spiro atoms. The van der Waals surface area contributed by atoms with Crippen molar-refractivity contribution in [2.45, 2.75) is 31.2 Å². The number of hydrogen-bond donors (Lipinski definition) is 1. The SMILES string of the molecule is CNC(Cc1cccc(S(C)(=O)=O)c1[N+](=O)[O-])C(C)C. The van der Waals surface area contributed by atoms with Crippen molar-refractivity contribution in [2.24, 2.45) is 5.92 Å². The fourth-order valence-corrected chi connectivity index (χ4v) is 3.03. The van der Waals surface area contributed by atoms with Gasteiger partial charge in [-0.2, -0.15) is 0 Å². The molecule has 0 aliphatic rings. The maximum atomic E-state index is 11.7. The van der Waals surface area contributed by atoms with E-state index < -0.39 is 14.8 Å². The molecule has 1 N–H and O–H groups in total. The number of nitro benzene ring substituents is 1. The molecule has 6 nitrogen and oxygen atoms in total. The molecule has 1 unspecified atom stereocenters. The van der Waals surface area contributed by atoms with Gasteiger partial charge in [0.2, 0.25) is 0 Å². The number of para-hydroxylation sites is 1. The average Bonchev–Trinajstić information content (AvgIpc) is 2.33. The fourth-order valence-electron chi connectivity index (χ4n) is 2.15. The Morgan fingerprint density at radius 3 is 2.35 bits per heavy atom. The monoisotopic (exact) mass is 300 g/mol. The summed E-state index contributed by atoms with van der Waals surface area (Å²) in [5.74, 6) is 0.279. The van der Waals surface area contributed by atoms with E-state index in [0.717, 1.165) is 6.26 Å². The molecule has 1 rings (SSSR count). The highest BCUT2D eigenvalue weighted by atomic mass is 32.2. The molecule has 0 aliphatic heterocycles. The van der Waals surface area contributed by atoms with Crippen molar-refractivity contribution < 1.29 is 13.3 Å². The number of hydrogen-bond acceptors (Lipinski definition) is 5. The molecule has 0 aliphatic carbocycles. The molecule has 1 aromatic carbocycles. The summed E-state index contributed by atoms with van der Waals surface area (Å²) >= 11 is 0. The van der Waals surface area contributed by atoms with Crippen molar-refractivity contribution in [3.63, 3.8) is 0 Å². The normalized spacial score (nSPS) is 13.4. The van der Waals surface area contributed by atoms with Crippen molar-refractivity contribution >= 4 is 15.5 Å². The standard InChI is InChI=1S/C13H20N2O4S/c1-9(2)11(14-3)8-10-6-5-7-12(20(4,18)19)13(10)15(16)17/h5-7,9,11,14H,8H2,1-4H3. The predicted octanol–water partition coefficient (Wildman–Crippen LogP) is 1.78. The van der Waals surface area contributed by atoms with Crippen LogP contribution in [0.5, 0.6) is 0 Å². The minimum Gasteiger partial charge on any atom is -0.316 e. The number of sulfone groups is 1. The van der Waals surface area contributed by atoms with Crippen LogP contribution in [-0.4, -0.2) is 32.7 Å². The Bertz CT molecular complexity index is 596. The van der Waals surface area contributed by atoms with Crippen LogP contribution in [0.2, 0.25) is 0 Å². The van der Waals surface area contributed by atoms with Crippen LogP contribution in [0, 0.1) is 16.0 Å². The smallest absolute Gasteiger partial charge is 0.291 e. The molecule has 0 heterocycles. The molecule has 7 heteroatoms. The summed E-state index contributed by atoms with van der Waals surface area (Å²) in [6, 6.07) is 4.48. The Morgan fingerprint density at radius 1 is 1.35 bits per heavy atom. The van der Waals surface area contributed by atoms with E-state index in [1.807, 2.05) is 13.8 Å². The third kappa shape index (κ3) is 3.77. The Morgan fingerprint density at radius 2 is 1.95 bits per heavy atom. The van der Waals surface area contributed by atoms with E-state index in [1.54, 1.807) is 19.2 Å². The van der Waals surface area contributed by atoms with Gasteiger partial charge in [0.25, 0.3) is 5.69 Å². The molecule has 1 aromatic rings. The van der Waals surface area contributed by atoms with Crippen LogP contribution < -0.4 is 5.32 Å². The quantitative estimate of drug-likeness (QED) is 0.639. The molecule has 112 valence electrons. The summed E-state index contributed by atoms with van der Waals surface area (Å²) in [5, 5.41) is 14.4. The molecule has 0 saturated heterocycles. The number of benzene rings is 1. The minimum absolute atomic E-state index is 0.0449. The number of nitro groups is 1. The predicted molar refractivity (Wildman–Crippen MR) is 77.6 cm³/mol. The lowest BCUT2D eigenvalue weighted by molar-refractivity contribution is -0.388. The Balaban J connectivity index is 3.38. The van der Waals surface area contributed by atoms with Gasteiger partial charge in [-0.3, -0.25) is 10.1 Å². The van der Waals surface area contributed by atoms with Gasteiger partial charge in [0.1, 0.15) is 4.90 Å². The van der Waals surface area contributed by atoms with E-state index >= 15 is 0 Å². The van der Waals surface area contributed by atoms with Gasteiger partial charge in [-0.15, -0.1) is 0 Å². The average molecular weight is 300 g/mol. The highest BCUT2D eigenvalue weighted by Crippen LogP contribution is 2.29.